The average molecular weight is 280 g/mol. The quantitative estimate of drug-likeness (QED) is 0.661. The molecule has 0 aliphatic carbocycles. The van der Waals surface area contributed by atoms with Gasteiger partial charge in [0.05, 0.1) is 0 Å². The molecule has 1 aliphatic heterocycles. The normalized spacial score (nSPS) is 19.2. The minimum atomic E-state index is -0.170. The molecule has 1 unspecified atom stereocenters. The third-order valence-corrected chi connectivity index (χ3v) is 4.14. The SMILES string of the molecule is CC1NC(=S)N(CCSCc2ccccc2)C1=O. The summed E-state index contributed by atoms with van der Waals surface area (Å²) in [5.41, 5.74) is 1.31. The Labute approximate surface area is 117 Å². The molecule has 3 nitrogen and oxygen atoms in total. The van der Waals surface area contributed by atoms with E-state index in [9.17, 15) is 4.79 Å². The minimum Gasteiger partial charge on any atom is -0.351 e. The zero-order chi connectivity index (χ0) is 13.0. The van der Waals surface area contributed by atoms with Crippen molar-refractivity contribution in [1.82, 2.24) is 10.2 Å². The summed E-state index contributed by atoms with van der Waals surface area (Å²) < 4.78 is 0. The second kappa shape index (κ2) is 6.20. The van der Waals surface area contributed by atoms with E-state index in [1.165, 1.54) is 5.56 Å². The molecule has 1 aliphatic rings. The Morgan fingerprint density at radius 1 is 1.39 bits per heavy atom. The van der Waals surface area contributed by atoms with Crippen LogP contribution >= 0.6 is 24.0 Å². The Balaban J connectivity index is 1.73. The van der Waals surface area contributed by atoms with Gasteiger partial charge in [0.1, 0.15) is 6.04 Å². The topological polar surface area (TPSA) is 32.3 Å². The minimum absolute atomic E-state index is 0.0836. The van der Waals surface area contributed by atoms with Crippen molar-refractivity contribution in [3.63, 3.8) is 0 Å². The number of benzene rings is 1. The van der Waals surface area contributed by atoms with Gasteiger partial charge < -0.3 is 5.32 Å². The van der Waals surface area contributed by atoms with Crippen molar-refractivity contribution in [3.8, 4) is 0 Å². The van der Waals surface area contributed by atoms with E-state index in [2.05, 4.69) is 17.4 Å². The van der Waals surface area contributed by atoms with Crippen LogP contribution < -0.4 is 5.32 Å². The van der Waals surface area contributed by atoms with Crippen molar-refractivity contribution in [2.75, 3.05) is 12.3 Å². The molecule has 1 atom stereocenters. The van der Waals surface area contributed by atoms with Crippen LogP contribution in [0.15, 0.2) is 30.3 Å². The van der Waals surface area contributed by atoms with E-state index in [1.54, 1.807) is 4.90 Å². The Hall–Kier alpha value is -1.07. The molecule has 0 aromatic heterocycles. The highest BCUT2D eigenvalue weighted by Gasteiger charge is 2.31. The van der Waals surface area contributed by atoms with E-state index in [0.717, 1.165) is 11.5 Å². The van der Waals surface area contributed by atoms with Gasteiger partial charge >= 0.3 is 0 Å². The van der Waals surface area contributed by atoms with Gasteiger partial charge in [-0.05, 0) is 24.7 Å². The molecule has 0 spiro atoms. The van der Waals surface area contributed by atoms with Crippen LogP contribution in [0.25, 0.3) is 0 Å². The summed E-state index contributed by atoms with van der Waals surface area (Å²) in [4.78, 5) is 13.4. The first-order chi connectivity index (χ1) is 8.68. The van der Waals surface area contributed by atoms with E-state index in [0.29, 0.717) is 11.7 Å². The lowest BCUT2D eigenvalue weighted by Crippen LogP contribution is -2.33. The highest BCUT2D eigenvalue weighted by Crippen LogP contribution is 2.13. The highest BCUT2D eigenvalue weighted by atomic mass is 32.2. The van der Waals surface area contributed by atoms with E-state index in [-0.39, 0.29) is 11.9 Å². The van der Waals surface area contributed by atoms with E-state index in [1.807, 2.05) is 36.9 Å². The van der Waals surface area contributed by atoms with Crippen molar-refractivity contribution in [1.29, 1.82) is 0 Å². The molecule has 1 saturated heterocycles. The summed E-state index contributed by atoms with van der Waals surface area (Å²) in [6, 6.07) is 10.2. The fourth-order valence-corrected chi connectivity index (χ4v) is 3.03. The van der Waals surface area contributed by atoms with Gasteiger partial charge in [-0.25, -0.2) is 0 Å². The van der Waals surface area contributed by atoms with Crippen LogP contribution in [-0.2, 0) is 10.5 Å². The van der Waals surface area contributed by atoms with Gasteiger partial charge in [-0.3, -0.25) is 9.69 Å². The first kappa shape index (κ1) is 13.4. The van der Waals surface area contributed by atoms with E-state index < -0.39 is 0 Å². The number of hydrogen-bond donors (Lipinski definition) is 1. The molecule has 1 aromatic rings. The Morgan fingerprint density at radius 3 is 2.72 bits per heavy atom. The average Bonchev–Trinajstić information content (AvgIpc) is 2.61. The molecule has 2 rings (SSSR count). The highest BCUT2D eigenvalue weighted by molar-refractivity contribution is 7.98. The van der Waals surface area contributed by atoms with Crippen molar-refractivity contribution >= 4 is 35.0 Å². The number of nitrogens with zero attached hydrogens (tertiary/aromatic N) is 1. The molecule has 0 radical (unpaired) electrons. The number of amides is 1. The predicted molar refractivity (Wildman–Crippen MR) is 79.5 cm³/mol. The second-order valence-electron chi connectivity index (χ2n) is 4.20. The van der Waals surface area contributed by atoms with Crippen LogP contribution in [0.1, 0.15) is 12.5 Å². The van der Waals surface area contributed by atoms with Crippen molar-refractivity contribution < 1.29 is 4.79 Å². The van der Waals surface area contributed by atoms with Gasteiger partial charge in [-0.15, -0.1) is 0 Å². The van der Waals surface area contributed by atoms with Crippen LogP contribution in [0.2, 0.25) is 0 Å². The third kappa shape index (κ3) is 3.23. The largest absolute Gasteiger partial charge is 0.351 e. The molecule has 1 amide bonds. The Morgan fingerprint density at radius 2 is 2.11 bits per heavy atom. The van der Waals surface area contributed by atoms with Gasteiger partial charge in [0, 0.05) is 18.1 Å². The number of carbonyl (C=O) groups is 1. The number of hydrogen-bond acceptors (Lipinski definition) is 3. The molecular formula is C13H16N2OS2. The molecule has 1 aromatic carbocycles. The first-order valence-electron chi connectivity index (χ1n) is 5.92. The monoisotopic (exact) mass is 280 g/mol. The standard InChI is InChI=1S/C13H16N2OS2/c1-10-12(16)15(13(17)14-10)7-8-18-9-11-5-3-2-4-6-11/h2-6,10H,7-9H2,1H3,(H,14,17). The van der Waals surface area contributed by atoms with E-state index in [4.69, 9.17) is 12.2 Å². The maximum absolute atomic E-state index is 11.7. The van der Waals surface area contributed by atoms with Crippen molar-refractivity contribution in [3.05, 3.63) is 35.9 Å². The van der Waals surface area contributed by atoms with Gasteiger partial charge in [-0.1, -0.05) is 30.3 Å². The Bertz CT molecular complexity index is 436. The van der Waals surface area contributed by atoms with Crippen molar-refractivity contribution in [2.45, 2.75) is 18.7 Å². The summed E-state index contributed by atoms with van der Waals surface area (Å²) in [5, 5.41) is 3.54. The maximum atomic E-state index is 11.7. The molecular weight excluding hydrogens is 264 g/mol. The zero-order valence-electron chi connectivity index (χ0n) is 10.3. The van der Waals surface area contributed by atoms with Crippen LogP contribution in [0, 0.1) is 0 Å². The van der Waals surface area contributed by atoms with Gasteiger partial charge in [0.25, 0.3) is 5.91 Å². The summed E-state index contributed by atoms with van der Waals surface area (Å²) in [6.07, 6.45) is 0. The lowest BCUT2D eigenvalue weighted by Gasteiger charge is -2.14. The lowest BCUT2D eigenvalue weighted by atomic mass is 10.2. The maximum Gasteiger partial charge on any atom is 0.251 e. The summed E-state index contributed by atoms with van der Waals surface area (Å²) >= 11 is 6.94. The van der Waals surface area contributed by atoms with Gasteiger partial charge in [0.15, 0.2) is 5.11 Å². The predicted octanol–water partition coefficient (Wildman–Crippen LogP) is 2.03. The number of nitrogens with one attached hydrogen (secondary N) is 1. The molecule has 5 heteroatoms. The Kier molecular flexibility index (Phi) is 4.60. The molecule has 0 bridgehead atoms. The summed E-state index contributed by atoms with van der Waals surface area (Å²) in [6.45, 7) is 2.53. The van der Waals surface area contributed by atoms with Crippen molar-refractivity contribution in [2.24, 2.45) is 0 Å². The van der Waals surface area contributed by atoms with Crippen LogP contribution in [-0.4, -0.2) is 34.3 Å². The third-order valence-electron chi connectivity index (χ3n) is 2.79. The number of thiocarbonyl (C=S) groups is 1. The second-order valence-corrected chi connectivity index (χ2v) is 5.69. The van der Waals surface area contributed by atoms with Crippen LogP contribution in [0.5, 0.6) is 0 Å². The summed E-state index contributed by atoms with van der Waals surface area (Å²) in [5.74, 6) is 1.95. The van der Waals surface area contributed by atoms with Gasteiger partial charge in [0.2, 0.25) is 0 Å². The first-order valence-corrected chi connectivity index (χ1v) is 7.48. The lowest BCUT2D eigenvalue weighted by molar-refractivity contribution is -0.126. The van der Waals surface area contributed by atoms with Gasteiger partial charge in [-0.2, -0.15) is 11.8 Å². The van der Waals surface area contributed by atoms with Crippen LogP contribution in [0.3, 0.4) is 0 Å². The summed E-state index contributed by atoms with van der Waals surface area (Å²) in [7, 11) is 0. The van der Waals surface area contributed by atoms with Crippen LogP contribution in [0.4, 0.5) is 0 Å². The molecule has 1 heterocycles. The smallest absolute Gasteiger partial charge is 0.251 e. The fourth-order valence-electron chi connectivity index (χ4n) is 1.79. The molecule has 96 valence electrons. The number of carbonyl (C=O) groups excluding carboxylic acids is 1. The molecule has 18 heavy (non-hydrogen) atoms. The van der Waals surface area contributed by atoms with E-state index >= 15 is 0 Å². The number of thioether (sulfide) groups is 1. The molecule has 1 fully saturated rings. The molecule has 0 saturated carbocycles. The molecule has 1 N–H and O–H groups in total. The number of rotatable bonds is 5. The zero-order valence-corrected chi connectivity index (χ0v) is 11.9. The fraction of sp³-hybridized carbons (Fsp3) is 0.385.